The van der Waals surface area contributed by atoms with Gasteiger partial charge in [0.25, 0.3) is 0 Å². The molecule has 0 bridgehead atoms. The van der Waals surface area contributed by atoms with Crippen molar-refractivity contribution in [1.29, 1.82) is 0 Å². The zero-order chi connectivity index (χ0) is 17.1. The molecule has 1 atom stereocenters. The summed E-state index contributed by atoms with van der Waals surface area (Å²) < 4.78 is 0. The molecule has 0 amide bonds. The van der Waals surface area contributed by atoms with E-state index in [1.54, 1.807) is 0 Å². The van der Waals surface area contributed by atoms with Crippen LogP contribution in [-0.4, -0.2) is 47.3 Å². The quantitative estimate of drug-likeness (QED) is 0.812. The molecule has 2 heterocycles. The summed E-state index contributed by atoms with van der Waals surface area (Å²) in [7, 11) is 0. The predicted octanol–water partition coefficient (Wildman–Crippen LogP) is 4.63. The smallest absolute Gasteiger partial charge is 0.0789 e. The molecule has 146 valence electrons. The standard InChI is InChI=1S/C22H34N2O.ClH/c25-21-13-16-24(20-11-7-4-8-12-20)22(21)14-17-23(18-15-22)19-9-5-2-1-3-6-10-19;/h4,7-8,11-12,19,21,25H,1-3,5-6,9-10,13-18H2;1H/t21-;/m0./s1. The van der Waals surface area contributed by atoms with Crippen molar-refractivity contribution < 1.29 is 5.11 Å². The minimum Gasteiger partial charge on any atom is -0.391 e. The van der Waals surface area contributed by atoms with E-state index in [0.717, 1.165) is 44.9 Å². The minimum atomic E-state index is -0.174. The highest BCUT2D eigenvalue weighted by Gasteiger charge is 2.50. The monoisotopic (exact) mass is 378 g/mol. The maximum Gasteiger partial charge on any atom is 0.0789 e. The molecular formula is C22H35ClN2O. The normalized spacial score (nSPS) is 27.7. The van der Waals surface area contributed by atoms with Crippen LogP contribution < -0.4 is 4.90 Å². The van der Waals surface area contributed by atoms with E-state index in [9.17, 15) is 5.11 Å². The van der Waals surface area contributed by atoms with Gasteiger partial charge in [0, 0.05) is 31.4 Å². The van der Waals surface area contributed by atoms with E-state index in [-0.39, 0.29) is 24.0 Å². The van der Waals surface area contributed by atoms with Gasteiger partial charge in [0.1, 0.15) is 0 Å². The topological polar surface area (TPSA) is 26.7 Å². The van der Waals surface area contributed by atoms with E-state index in [1.165, 1.54) is 50.6 Å². The molecule has 0 unspecified atom stereocenters. The molecule has 26 heavy (non-hydrogen) atoms. The number of aliphatic hydroxyl groups excluding tert-OH is 1. The highest BCUT2D eigenvalue weighted by molar-refractivity contribution is 5.85. The number of hydrogen-bond donors (Lipinski definition) is 1. The van der Waals surface area contributed by atoms with Gasteiger partial charge in [0.2, 0.25) is 0 Å². The van der Waals surface area contributed by atoms with Crippen LogP contribution in [0.4, 0.5) is 5.69 Å². The van der Waals surface area contributed by atoms with Crippen LogP contribution in [0.2, 0.25) is 0 Å². The molecule has 3 fully saturated rings. The van der Waals surface area contributed by atoms with Gasteiger partial charge in [-0.3, -0.25) is 0 Å². The van der Waals surface area contributed by atoms with Crippen molar-refractivity contribution in [2.45, 2.75) is 81.9 Å². The minimum absolute atomic E-state index is 0. The summed E-state index contributed by atoms with van der Waals surface area (Å²) in [6, 6.07) is 11.5. The maximum absolute atomic E-state index is 10.9. The number of aliphatic hydroxyl groups is 1. The van der Waals surface area contributed by atoms with Gasteiger partial charge in [-0.05, 0) is 44.2 Å². The lowest BCUT2D eigenvalue weighted by molar-refractivity contribution is 0.0366. The number of nitrogens with zero attached hydrogens (tertiary/aromatic N) is 2. The summed E-state index contributed by atoms with van der Waals surface area (Å²) in [5, 5.41) is 10.9. The van der Waals surface area contributed by atoms with Gasteiger partial charge in [0.05, 0.1) is 11.6 Å². The third-order valence-corrected chi connectivity index (χ3v) is 7.11. The van der Waals surface area contributed by atoms with Gasteiger partial charge in [-0.1, -0.05) is 50.3 Å². The van der Waals surface area contributed by atoms with E-state index in [2.05, 4.69) is 40.1 Å². The first-order chi connectivity index (χ1) is 12.3. The zero-order valence-corrected chi connectivity index (χ0v) is 16.8. The summed E-state index contributed by atoms with van der Waals surface area (Å²) in [6.45, 7) is 3.31. The average molecular weight is 379 g/mol. The van der Waals surface area contributed by atoms with Crippen LogP contribution in [-0.2, 0) is 0 Å². The van der Waals surface area contributed by atoms with Crippen molar-refractivity contribution >= 4 is 18.1 Å². The second-order valence-electron chi connectivity index (χ2n) is 8.43. The lowest BCUT2D eigenvalue weighted by Crippen LogP contribution is -2.58. The van der Waals surface area contributed by atoms with Crippen molar-refractivity contribution in [3.05, 3.63) is 30.3 Å². The summed E-state index contributed by atoms with van der Waals surface area (Å²) in [4.78, 5) is 5.28. The van der Waals surface area contributed by atoms with Crippen LogP contribution in [0.3, 0.4) is 0 Å². The Hall–Kier alpha value is -0.770. The summed E-state index contributed by atoms with van der Waals surface area (Å²) >= 11 is 0. The van der Waals surface area contributed by atoms with Gasteiger partial charge in [-0.15, -0.1) is 12.4 Å². The van der Waals surface area contributed by atoms with Crippen LogP contribution in [0.15, 0.2) is 30.3 Å². The van der Waals surface area contributed by atoms with Gasteiger partial charge in [-0.2, -0.15) is 0 Å². The molecular weight excluding hydrogens is 344 g/mol. The Morgan fingerprint density at radius 1 is 0.808 bits per heavy atom. The zero-order valence-electron chi connectivity index (χ0n) is 16.0. The second-order valence-corrected chi connectivity index (χ2v) is 8.43. The molecule has 1 aromatic rings. The van der Waals surface area contributed by atoms with E-state index in [1.807, 2.05) is 0 Å². The molecule has 1 aromatic carbocycles. The Kier molecular flexibility index (Phi) is 6.87. The Morgan fingerprint density at radius 3 is 2.08 bits per heavy atom. The van der Waals surface area contributed by atoms with E-state index in [4.69, 9.17) is 0 Å². The molecule has 3 aliphatic rings. The van der Waals surface area contributed by atoms with Crippen LogP contribution in [0.5, 0.6) is 0 Å². The first kappa shape index (κ1) is 20.0. The van der Waals surface area contributed by atoms with Crippen molar-refractivity contribution in [2.75, 3.05) is 24.5 Å². The summed E-state index contributed by atoms with van der Waals surface area (Å²) in [5.74, 6) is 0. The van der Waals surface area contributed by atoms with Crippen molar-refractivity contribution in [3.63, 3.8) is 0 Å². The molecule has 1 saturated carbocycles. The van der Waals surface area contributed by atoms with Crippen LogP contribution >= 0.6 is 12.4 Å². The number of piperidine rings is 1. The van der Waals surface area contributed by atoms with E-state index in [0.29, 0.717) is 0 Å². The third kappa shape index (κ3) is 3.90. The first-order valence-electron chi connectivity index (χ1n) is 10.5. The Bertz CT molecular complexity index is 536. The Labute approximate surface area is 165 Å². The summed E-state index contributed by atoms with van der Waals surface area (Å²) in [5.41, 5.74) is 1.26. The second kappa shape index (κ2) is 8.95. The number of rotatable bonds is 2. The third-order valence-electron chi connectivity index (χ3n) is 7.11. The SMILES string of the molecule is Cl.O[C@H]1CCN(c2ccccc2)C12CCN(C1CCCCCCC1)CC2. The highest BCUT2D eigenvalue weighted by atomic mass is 35.5. The number of halogens is 1. The highest BCUT2D eigenvalue weighted by Crippen LogP contribution is 2.42. The number of hydrogen-bond acceptors (Lipinski definition) is 3. The van der Waals surface area contributed by atoms with Crippen molar-refractivity contribution in [1.82, 2.24) is 4.90 Å². The van der Waals surface area contributed by atoms with E-state index < -0.39 is 0 Å². The molecule has 2 aliphatic heterocycles. The van der Waals surface area contributed by atoms with Gasteiger partial charge in [0.15, 0.2) is 0 Å². The Balaban J connectivity index is 0.00000196. The molecule has 1 N–H and O–H groups in total. The molecule has 1 spiro atoms. The van der Waals surface area contributed by atoms with Crippen molar-refractivity contribution in [3.8, 4) is 0 Å². The van der Waals surface area contributed by atoms with Crippen molar-refractivity contribution in [2.24, 2.45) is 0 Å². The summed E-state index contributed by atoms with van der Waals surface area (Å²) in [6.07, 6.45) is 12.8. The average Bonchev–Trinajstić information content (AvgIpc) is 2.93. The van der Waals surface area contributed by atoms with Gasteiger partial charge >= 0.3 is 0 Å². The number of likely N-dealkylation sites (tertiary alicyclic amines) is 1. The molecule has 2 saturated heterocycles. The molecule has 4 heteroatoms. The maximum atomic E-state index is 10.9. The predicted molar refractivity (Wildman–Crippen MR) is 111 cm³/mol. The largest absolute Gasteiger partial charge is 0.391 e. The molecule has 0 aromatic heterocycles. The molecule has 0 radical (unpaired) electrons. The number of benzene rings is 1. The molecule has 1 aliphatic carbocycles. The lowest BCUT2D eigenvalue weighted by Gasteiger charge is -2.49. The first-order valence-corrected chi connectivity index (χ1v) is 10.5. The number of para-hydroxylation sites is 1. The number of anilines is 1. The van der Waals surface area contributed by atoms with Gasteiger partial charge < -0.3 is 14.9 Å². The van der Waals surface area contributed by atoms with Gasteiger partial charge in [-0.25, -0.2) is 0 Å². The van der Waals surface area contributed by atoms with Crippen LogP contribution in [0.1, 0.15) is 64.2 Å². The van der Waals surface area contributed by atoms with Crippen LogP contribution in [0, 0.1) is 0 Å². The fraction of sp³-hybridized carbons (Fsp3) is 0.727. The molecule has 4 rings (SSSR count). The lowest BCUT2D eigenvalue weighted by atomic mass is 9.81. The fourth-order valence-electron chi connectivity index (χ4n) is 5.60. The van der Waals surface area contributed by atoms with E-state index >= 15 is 0 Å². The molecule has 3 nitrogen and oxygen atoms in total. The van der Waals surface area contributed by atoms with Crippen LogP contribution in [0.25, 0.3) is 0 Å². The Morgan fingerprint density at radius 2 is 1.42 bits per heavy atom. The fourth-order valence-corrected chi connectivity index (χ4v) is 5.60.